The molecule has 1 aromatic carbocycles. The van der Waals surface area contributed by atoms with Crippen LogP contribution in [0.5, 0.6) is 0 Å². The third kappa shape index (κ3) is 2.93. The van der Waals surface area contributed by atoms with Gasteiger partial charge in [0.25, 0.3) is 5.69 Å². The van der Waals surface area contributed by atoms with Crippen molar-refractivity contribution in [1.29, 1.82) is 5.26 Å². The minimum atomic E-state index is -0.794. The van der Waals surface area contributed by atoms with Gasteiger partial charge in [0.15, 0.2) is 0 Å². The van der Waals surface area contributed by atoms with Gasteiger partial charge < -0.3 is 15.6 Å². The Morgan fingerprint density at radius 1 is 1.62 bits per heavy atom. The molecule has 1 unspecified atom stereocenters. The van der Waals surface area contributed by atoms with Crippen molar-refractivity contribution >= 4 is 34.3 Å². The highest BCUT2D eigenvalue weighted by Gasteiger charge is 2.32. The molecule has 124 valence electrons. The number of thioether (sulfide) groups is 1. The Hall–Kier alpha value is -2.57. The van der Waals surface area contributed by atoms with Gasteiger partial charge in [0, 0.05) is 35.0 Å². The molecule has 1 fully saturated rings. The molecule has 2 atom stereocenters. The molecule has 3 rings (SSSR count). The van der Waals surface area contributed by atoms with Crippen LogP contribution in [0.25, 0.3) is 10.9 Å². The molecule has 0 aliphatic carbocycles. The van der Waals surface area contributed by atoms with Gasteiger partial charge in [-0.3, -0.25) is 14.9 Å². The van der Waals surface area contributed by atoms with Gasteiger partial charge in [0.2, 0.25) is 5.91 Å². The molecule has 0 radical (unpaired) electrons. The van der Waals surface area contributed by atoms with Crippen molar-refractivity contribution < 1.29 is 9.72 Å². The van der Waals surface area contributed by atoms with Gasteiger partial charge in [-0.25, -0.2) is 0 Å². The summed E-state index contributed by atoms with van der Waals surface area (Å²) in [7, 11) is 0. The zero-order valence-corrected chi connectivity index (χ0v) is 13.5. The number of amides is 1. The molecule has 2 heterocycles. The normalized spacial score (nSPS) is 18.5. The summed E-state index contributed by atoms with van der Waals surface area (Å²) < 4.78 is 0. The maximum Gasteiger partial charge on any atom is 0.270 e. The molecule has 0 saturated carbocycles. The van der Waals surface area contributed by atoms with Crippen molar-refractivity contribution in [3.05, 3.63) is 40.1 Å². The molecule has 2 aromatic rings. The molecular formula is C15H15N5O3S. The van der Waals surface area contributed by atoms with E-state index in [9.17, 15) is 14.9 Å². The molecule has 24 heavy (non-hydrogen) atoms. The number of nitrogens with one attached hydrogen (secondary N) is 1. The first kappa shape index (κ1) is 16.3. The fourth-order valence-corrected chi connectivity index (χ4v) is 3.84. The smallest absolute Gasteiger partial charge is 0.270 e. The summed E-state index contributed by atoms with van der Waals surface area (Å²) in [6.45, 7) is 0. The van der Waals surface area contributed by atoms with Crippen LogP contribution in [-0.4, -0.2) is 44.4 Å². The van der Waals surface area contributed by atoms with Crippen molar-refractivity contribution in [3.63, 3.8) is 0 Å². The van der Waals surface area contributed by atoms with Gasteiger partial charge in [-0.2, -0.15) is 5.26 Å². The van der Waals surface area contributed by atoms with E-state index in [0.29, 0.717) is 17.0 Å². The summed E-state index contributed by atoms with van der Waals surface area (Å²) >= 11 is 1.52. The molecule has 0 spiro atoms. The number of non-ortho nitro benzene ring substituents is 1. The minimum absolute atomic E-state index is 0.0104. The minimum Gasteiger partial charge on any atom is -0.361 e. The zero-order valence-electron chi connectivity index (χ0n) is 12.6. The molecule has 8 nitrogen and oxygen atoms in total. The van der Waals surface area contributed by atoms with Crippen LogP contribution in [-0.2, 0) is 11.2 Å². The predicted octanol–water partition coefficient (Wildman–Crippen LogP) is 1.37. The number of nitro groups is 1. The second-order valence-corrected chi connectivity index (χ2v) is 6.56. The average molecular weight is 345 g/mol. The van der Waals surface area contributed by atoms with Gasteiger partial charge in [0.1, 0.15) is 6.04 Å². The van der Waals surface area contributed by atoms with E-state index in [0.717, 1.165) is 11.1 Å². The van der Waals surface area contributed by atoms with E-state index >= 15 is 0 Å². The standard InChI is InChI=1S/C15H15N5O3S/c16-5-11-7-24-8-19(11)15(21)13(17)3-9-6-18-14-2-1-10(20(22)23)4-12(9)14/h1-2,4,6,11,13,18H,3,7-8,17H2/t11-,13?/m0/s1. The fraction of sp³-hybridized carbons (Fsp3) is 0.333. The Morgan fingerprint density at radius 2 is 2.42 bits per heavy atom. The van der Waals surface area contributed by atoms with Crippen molar-refractivity contribution in [2.24, 2.45) is 5.73 Å². The van der Waals surface area contributed by atoms with Crippen molar-refractivity contribution in [3.8, 4) is 6.07 Å². The van der Waals surface area contributed by atoms with Crippen LogP contribution < -0.4 is 5.73 Å². The van der Waals surface area contributed by atoms with Crippen LogP contribution in [0.15, 0.2) is 24.4 Å². The number of aromatic nitrogens is 1. The maximum atomic E-state index is 12.5. The molecule has 0 bridgehead atoms. The van der Waals surface area contributed by atoms with Crippen molar-refractivity contribution in [1.82, 2.24) is 9.88 Å². The van der Waals surface area contributed by atoms with E-state index < -0.39 is 17.0 Å². The molecule has 1 saturated heterocycles. The number of hydrogen-bond acceptors (Lipinski definition) is 6. The monoisotopic (exact) mass is 345 g/mol. The number of nitro benzene ring substituents is 1. The number of benzene rings is 1. The Kier molecular flexibility index (Phi) is 4.42. The second-order valence-electron chi connectivity index (χ2n) is 5.56. The number of carbonyl (C=O) groups excluding carboxylic acids is 1. The van der Waals surface area contributed by atoms with Crippen LogP contribution in [0, 0.1) is 21.4 Å². The largest absolute Gasteiger partial charge is 0.361 e. The van der Waals surface area contributed by atoms with Gasteiger partial charge in [-0.1, -0.05) is 0 Å². The summed E-state index contributed by atoms with van der Waals surface area (Å²) in [6.07, 6.45) is 1.96. The first-order chi connectivity index (χ1) is 11.5. The molecule has 3 N–H and O–H groups in total. The van der Waals surface area contributed by atoms with E-state index in [2.05, 4.69) is 11.1 Å². The third-order valence-electron chi connectivity index (χ3n) is 4.03. The topological polar surface area (TPSA) is 129 Å². The Morgan fingerprint density at radius 3 is 3.12 bits per heavy atom. The summed E-state index contributed by atoms with van der Waals surface area (Å²) in [5.74, 6) is 0.782. The number of aromatic amines is 1. The number of fused-ring (bicyclic) bond motifs is 1. The Bertz CT molecular complexity index is 843. The lowest BCUT2D eigenvalue weighted by Crippen LogP contribution is -2.47. The maximum absolute atomic E-state index is 12.5. The molecule has 9 heteroatoms. The molecule has 1 amide bonds. The highest BCUT2D eigenvalue weighted by molar-refractivity contribution is 7.99. The van der Waals surface area contributed by atoms with Crippen LogP contribution in [0.1, 0.15) is 5.56 Å². The summed E-state index contributed by atoms with van der Waals surface area (Å²) in [5, 5.41) is 20.7. The lowest BCUT2D eigenvalue weighted by Gasteiger charge is -2.22. The number of carbonyl (C=O) groups is 1. The summed E-state index contributed by atoms with van der Waals surface area (Å²) in [6, 6.07) is 5.40. The fourth-order valence-electron chi connectivity index (χ4n) is 2.75. The van der Waals surface area contributed by atoms with E-state index in [-0.39, 0.29) is 18.0 Å². The number of rotatable bonds is 4. The highest BCUT2D eigenvalue weighted by Crippen LogP contribution is 2.26. The predicted molar refractivity (Wildman–Crippen MR) is 90.2 cm³/mol. The van der Waals surface area contributed by atoms with E-state index in [1.807, 2.05) is 0 Å². The first-order valence-electron chi connectivity index (χ1n) is 7.29. The van der Waals surface area contributed by atoms with E-state index in [1.54, 1.807) is 12.3 Å². The Labute approximate surface area is 141 Å². The van der Waals surface area contributed by atoms with Crippen LogP contribution in [0.2, 0.25) is 0 Å². The van der Waals surface area contributed by atoms with Crippen molar-refractivity contribution in [2.75, 3.05) is 11.6 Å². The number of nitriles is 1. The number of nitrogens with zero attached hydrogens (tertiary/aromatic N) is 3. The average Bonchev–Trinajstić information content (AvgIpc) is 3.20. The Balaban J connectivity index is 1.81. The highest BCUT2D eigenvalue weighted by atomic mass is 32.2. The third-order valence-corrected chi connectivity index (χ3v) is 5.05. The summed E-state index contributed by atoms with van der Waals surface area (Å²) in [5.41, 5.74) is 7.52. The summed E-state index contributed by atoms with van der Waals surface area (Å²) in [4.78, 5) is 27.5. The van der Waals surface area contributed by atoms with E-state index in [1.165, 1.54) is 28.8 Å². The molecule has 1 aromatic heterocycles. The van der Waals surface area contributed by atoms with Gasteiger partial charge >= 0.3 is 0 Å². The number of nitrogens with two attached hydrogens (primary N) is 1. The van der Waals surface area contributed by atoms with Gasteiger partial charge in [-0.05, 0) is 18.1 Å². The first-order valence-corrected chi connectivity index (χ1v) is 8.44. The van der Waals surface area contributed by atoms with Crippen LogP contribution in [0.3, 0.4) is 0 Å². The molecule has 1 aliphatic heterocycles. The lowest BCUT2D eigenvalue weighted by atomic mass is 10.0. The van der Waals surface area contributed by atoms with Crippen LogP contribution in [0.4, 0.5) is 5.69 Å². The van der Waals surface area contributed by atoms with Gasteiger partial charge in [-0.15, -0.1) is 11.8 Å². The zero-order chi connectivity index (χ0) is 17.3. The quantitative estimate of drug-likeness (QED) is 0.636. The van der Waals surface area contributed by atoms with Crippen LogP contribution >= 0.6 is 11.8 Å². The molecular weight excluding hydrogens is 330 g/mol. The molecule has 1 aliphatic rings. The lowest BCUT2D eigenvalue weighted by molar-refractivity contribution is -0.384. The van der Waals surface area contributed by atoms with Crippen molar-refractivity contribution in [2.45, 2.75) is 18.5 Å². The van der Waals surface area contributed by atoms with E-state index in [4.69, 9.17) is 11.0 Å². The number of hydrogen-bond donors (Lipinski definition) is 2. The van der Waals surface area contributed by atoms with Gasteiger partial charge in [0.05, 0.1) is 22.9 Å². The second kappa shape index (κ2) is 6.51. The number of H-pyrrole nitrogens is 1. The SMILES string of the molecule is N#C[C@H]1CSCN1C(=O)C(N)Cc1c[nH]c2ccc([N+](=O)[O-])cc12.